The summed E-state index contributed by atoms with van der Waals surface area (Å²) in [6.45, 7) is 0. The second kappa shape index (κ2) is 7.85. The summed E-state index contributed by atoms with van der Waals surface area (Å²) >= 11 is 5.90. The third kappa shape index (κ3) is 4.40. The van der Waals surface area contributed by atoms with Crippen molar-refractivity contribution < 1.29 is 18.0 Å². The molecule has 1 unspecified atom stereocenters. The van der Waals surface area contributed by atoms with Crippen molar-refractivity contribution in [2.45, 2.75) is 12.2 Å². The first-order valence-corrected chi connectivity index (χ1v) is 8.41. The average Bonchev–Trinajstić information content (AvgIpc) is 2.66. The maximum absolute atomic E-state index is 12.7. The highest BCUT2D eigenvalue weighted by Crippen LogP contribution is 2.27. The predicted molar refractivity (Wildman–Crippen MR) is 97.1 cm³/mol. The van der Waals surface area contributed by atoms with Crippen molar-refractivity contribution in [1.29, 1.82) is 0 Å². The second-order valence-corrected chi connectivity index (χ2v) is 6.26. The van der Waals surface area contributed by atoms with E-state index >= 15 is 0 Å². The molecule has 3 aromatic rings. The maximum Gasteiger partial charge on any atom is 0.431 e. The fourth-order valence-corrected chi connectivity index (χ4v) is 2.68. The van der Waals surface area contributed by atoms with Crippen molar-refractivity contribution >= 4 is 17.5 Å². The molecule has 144 valence electrons. The molecule has 0 saturated heterocycles. The van der Waals surface area contributed by atoms with Gasteiger partial charge in [-0.15, -0.1) is 0 Å². The highest BCUT2D eigenvalue weighted by Gasteiger charge is 2.32. The number of pyridine rings is 2. The van der Waals surface area contributed by atoms with Gasteiger partial charge in [-0.3, -0.25) is 14.6 Å². The Labute approximate surface area is 162 Å². The minimum absolute atomic E-state index is 0.442. The molecule has 0 fully saturated rings. The van der Waals surface area contributed by atoms with E-state index < -0.39 is 34.9 Å². The predicted octanol–water partition coefficient (Wildman–Crippen LogP) is 3.96. The topological polar surface area (TPSA) is 74.8 Å². The number of nitrogens with zero attached hydrogens (tertiary/aromatic N) is 1. The van der Waals surface area contributed by atoms with Gasteiger partial charge in [-0.25, -0.2) is 0 Å². The Bertz CT molecular complexity index is 1030. The van der Waals surface area contributed by atoms with Gasteiger partial charge in [0.05, 0.1) is 11.7 Å². The Hall–Kier alpha value is -3.13. The molecule has 28 heavy (non-hydrogen) atoms. The van der Waals surface area contributed by atoms with Crippen LogP contribution in [0.1, 0.15) is 33.4 Å². The summed E-state index contributed by atoms with van der Waals surface area (Å²) in [5.41, 5.74) is -1.68. The van der Waals surface area contributed by atoms with Gasteiger partial charge in [0.25, 0.3) is 11.5 Å². The van der Waals surface area contributed by atoms with Gasteiger partial charge >= 0.3 is 6.18 Å². The Morgan fingerprint density at radius 1 is 1.07 bits per heavy atom. The molecule has 0 aliphatic rings. The van der Waals surface area contributed by atoms with E-state index in [0.717, 1.165) is 6.07 Å². The molecular formula is C19H13ClF3N3O2. The number of nitrogens with one attached hydrogen (secondary N) is 2. The lowest BCUT2D eigenvalue weighted by atomic mass is 10.0. The Morgan fingerprint density at radius 2 is 1.79 bits per heavy atom. The second-order valence-electron chi connectivity index (χ2n) is 5.83. The number of carbonyl (C=O) groups is 1. The van der Waals surface area contributed by atoms with Gasteiger partial charge < -0.3 is 10.3 Å². The summed E-state index contributed by atoms with van der Waals surface area (Å²) in [6.07, 6.45) is -3.18. The number of rotatable bonds is 4. The van der Waals surface area contributed by atoms with Crippen LogP contribution in [0.3, 0.4) is 0 Å². The number of aromatic amines is 1. The van der Waals surface area contributed by atoms with Crippen LogP contribution in [-0.4, -0.2) is 15.9 Å². The molecular weight excluding hydrogens is 395 g/mol. The molecule has 2 heterocycles. The fourth-order valence-electron chi connectivity index (χ4n) is 2.56. The van der Waals surface area contributed by atoms with E-state index in [9.17, 15) is 22.8 Å². The molecule has 0 radical (unpaired) electrons. The summed E-state index contributed by atoms with van der Waals surface area (Å²) in [6, 6.07) is 12.5. The van der Waals surface area contributed by atoms with E-state index in [0.29, 0.717) is 22.3 Å². The first-order chi connectivity index (χ1) is 13.3. The molecule has 1 amide bonds. The van der Waals surface area contributed by atoms with Crippen LogP contribution in [0.15, 0.2) is 65.6 Å². The summed E-state index contributed by atoms with van der Waals surface area (Å²) in [5, 5.41) is 3.13. The number of amides is 1. The number of benzene rings is 1. The van der Waals surface area contributed by atoms with Crippen molar-refractivity contribution in [3.8, 4) is 0 Å². The molecule has 2 aromatic heterocycles. The van der Waals surface area contributed by atoms with Crippen LogP contribution in [0.4, 0.5) is 13.2 Å². The van der Waals surface area contributed by atoms with Gasteiger partial charge in [-0.05, 0) is 42.0 Å². The number of hydrogen-bond acceptors (Lipinski definition) is 3. The van der Waals surface area contributed by atoms with E-state index in [-0.39, 0.29) is 0 Å². The van der Waals surface area contributed by atoms with Gasteiger partial charge in [-0.2, -0.15) is 13.2 Å². The van der Waals surface area contributed by atoms with Gasteiger partial charge in [0.15, 0.2) is 0 Å². The van der Waals surface area contributed by atoms with Crippen LogP contribution in [0, 0.1) is 0 Å². The van der Waals surface area contributed by atoms with E-state index in [1.54, 1.807) is 47.4 Å². The van der Waals surface area contributed by atoms with Crippen LogP contribution in [-0.2, 0) is 6.18 Å². The van der Waals surface area contributed by atoms with Crippen LogP contribution in [0.25, 0.3) is 0 Å². The van der Waals surface area contributed by atoms with E-state index in [1.807, 2.05) is 0 Å². The summed E-state index contributed by atoms with van der Waals surface area (Å²) in [5.74, 6) is -0.833. The SMILES string of the molecule is O=C(NC(c1ccc(Cl)cc1)c1ccccn1)c1ccc(C(F)(F)F)[nH]c1=O. The molecule has 1 atom stereocenters. The number of aromatic nitrogens is 2. The average molecular weight is 408 g/mol. The molecule has 0 aliphatic heterocycles. The quantitative estimate of drug-likeness (QED) is 0.687. The monoisotopic (exact) mass is 407 g/mol. The van der Waals surface area contributed by atoms with Crippen LogP contribution in [0.5, 0.6) is 0 Å². The normalized spacial score (nSPS) is 12.4. The van der Waals surface area contributed by atoms with Crippen molar-refractivity contribution in [2.24, 2.45) is 0 Å². The van der Waals surface area contributed by atoms with Crippen LogP contribution in [0.2, 0.25) is 5.02 Å². The van der Waals surface area contributed by atoms with Crippen molar-refractivity contribution in [3.05, 3.63) is 98.7 Å². The number of carbonyl (C=O) groups excluding carboxylic acids is 1. The Kier molecular flexibility index (Phi) is 5.51. The summed E-state index contributed by atoms with van der Waals surface area (Å²) in [7, 11) is 0. The van der Waals surface area contributed by atoms with E-state index in [2.05, 4.69) is 10.3 Å². The zero-order valence-corrected chi connectivity index (χ0v) is 14.9. The van der Waals surface area contributed by atoms with E-state index in [1.165, 1.54) is 6.20 Å². The van der Waals surface area contributed by atoms with Gasteiger partial charge in [-0.1, -0.05) is 29.8 Å². The third-order valence-electron chi connectivity index (χ3n) is 3.92. The molecule has 0 spiro atoms. The van der Waals surface area contributed by atoms with Crippen LogP contribution < -0.4 is 10.9 Å². The van der Waals surface area contributed by atoms with Crippen molar-refractivity contribution in [1.82, 2.24) is 15.3 Å². The lowest BCUT2D eigenvalue weighted by molar-refractivity contribution is -0.141. The highest BCUT2D eigenvalue weighted by atomic mass is 35.5. The van der Waals surface area contributed by atoms with Gasteiger partial charge in [0, 0.05) is 11.2 Å². The molecule has 0 aliphatic carbocycles. The standard InChI is InChI=1S/C19H13ClF3N3O2/c20-12-6-4-11(5-7-12)16(14-3-1-2-10-24-14)26-18(28)13-8-9-15(19(21,22)23)25-17(13)27/h1-10,16H,(H,25,27)(H,26,28). The molecule has 5 nitrogen and oxygen atoms in total. The smallest absolute Gasteiger partial charge is 0.339 e. The zero-order chi connectivity index (χ0) is 20.3. The summed E-state index contributed by atoms with van der Waals surface area (Å²) in [4.78, 5) is 30.5. The van der Waals surface area contributed by atoms with Gasteiger partial charge in [0.2, 0.25) is 0 Å². The van der Waals surface area contributed by atoms with Crippen molar-refractivity contribution in [3.63, 3.8) is 0 Å². The minimum atomic E-state index is -4.71. The highest BCUT2D eigenvalue weighted by molar-refractivity contribution is 6.30. The molecule has 3 rings (SSSR count). The summed E-state index contributed by atoms with van der Waals surface area (Å²) < 4.78 is 38.1. The Morgan fingerprint density at radius 3 is 2.36 bits per heavy atom. The molecule has 0 bridgehead atoms. The first kappa shape index (κ1) is 19.6. The number of hydrogen-bond donors (Lipinski definition) is 2. The molecule has 0 saturated carbocycles. The number of halogens is 4. The molecule has 9 heteroatoms. The van der Waals surface area contributed by atoms with Crippen molar-refractivity contribution in [2.75, 3.05) is 0 Å². The lowest BCUT2D eigenvalue weighted by Crippen LogP contribution is -2.34. The lowest BCUT2D eigenvalue weighted by Gasteiger charge is -2.19. The first-order valence-electron chi connectivity index (χ1n) is 8.03. The third-order valence-corrected chi connectivity index (χ3v) is 4.17. The fraction of sp³-hybridized carbons (Fsp3) is 0.105. The number of H-pyrrole nitrogens is 1. The van der Waals surface area contributed by atoms with E-state index in [4.69, 9.17) is 11.6 Å². The van der Waals surface area contributed by atoms with Gasteiger partial charge in [0.1, 0.15) is 11.3 Å². The largest absolute Gasteiger partial charge is 0.431 e. The number of alkyl halides is 3. The van der Waals surface area contributed by atoms with Crippen LogP contribution >= 0.6 is 11.6 Å². The zero-order valence-electron chi connectivity index (χ0n) is 14.1. The minimum Gasteiger partial charge on any atom is -0.339 e. The Balaban J connectivity index is 1.94. The molecule has 1 aromatic carbocycles. The molecule has 2 N–H and O–H groups in total. The maximum atomic E-state index is 12.7.